The highest BCUT2D eigenvalue weighted by atomic mass is 32.2. The highest BCUT2D eigenvalue weighted by molar-refractivity contribution is 7.87. The number of rotatable bonds is 16. The van der Waals surface area contributed by atoms with Crippen LogP contribution >= 0.6 is 0 Å². The summed E-state index contributed by atoms with van der Waals surface area (Å²) in [6.45, 7) is 3.30. The number of aliphatic hydroxyl groups is 1. The minimum Gasteiger partial charge on any atom is -0.374 e. The van der Waals surface area contributed by atoms with Crippen LogP contribution in [0.2, 0.25) is 0 Å². The van der Waals surface area contributed by atoms with Crippen LogP contribution in [0.1, 0.15) is 104 Å². The number of unbranched alkanes of at least 4 members (excludes halogenated alkanes) is 12. The smallest absolute Gasteiger partial charge is 0.338 e. The third-order valence-corrected chi connectivity index (χ3v) is 5.37. The lowest BCUT2D eigenvalue weighted by atomic mass is 10.0. The van der Waals surface area contributed by atoms with Gasteiger partial charge in [0.25, 0.3) is 0 Å². The third kappa shape index (κ3) is 13.8. The van der Waals surface area contributed by atoms with Crippen LogP contribution in [0.5, 0.6) is 0 Å². The highest BCUT2D eigenvalue weighted by Gasteiger charge is 2.22. The molecule has 0 fully saturated rings. The summed E-state index contributed by atoms with van der Waals surface area (Å²) in [4.78, 5) is 11.4. The Morgan fingerprint density at radius 3 is 1.58 bits per heavy atom. The Kier molecular flexibility index (Phi) is 14.3. The van der Waals surface area contributed by atoms with E-state index in [2.05, 4.69) is 11.1 Å². The summed E-state index contributed by atoms with van der Waals surface area (Å²) in [6.07, 6.45) is 15.8. The largest absolute Gasteiger partial charge is 0.374 e. The van der Waals surface area contributed by atoms with Crippen molar-refractivity contribution in [2.75, 3.05) is 0 Å². The summed E-state index contributed by atoms with van der Waals surface area (Å²) in [5, 5.41) is 8.95. The van der Waals surface area contributed by atoms with Gasteiger partial charge in [-0.15, -0.1) is 0 Å². The molecule has 0 aromatic carbocycles. The number of carbonyl (C=O) groups is 1. The molecule has 0 heterocycles. The monoisotopic (exact) mass is 364 g/mol. The number of carbonyl (C=O) groups excluding carboxylic acids is 1. The zero-order valence-corrected chi connectivity index (χ0v) is 16.3. The first-order chi connectivity index (χ1) is 11.4. The van der Waals surface area contributed by atoms with Crippen molar-refractivity contribution in [2.45, 2.75) is 109 Å². The van der Waals surface area contributed by atoms with Crippen LogP contribution < -0.4 is 0 Å². The maximum absolute atomic E-state index is 11.4. The van der Waals surface area contributed by atoms with Crippen LogP contribution in [0.3, 0.4) is 0 Å². The molecule has 0 radical (unpaired) electrons. The average molecular weight is 365 g/mol. The molecule has 0 aliphatic heterocycles. The number of hydrogen-bond acceptors (Lipinski definition) is 5. The van der Waals surface area contributed by atoms with E-state index in [1.54, 1.807) is 0 Å². The molecule has 24 heavy (non-hydrogen) atoms. The number of hydrogen-bond donors (Lipinski definition) is 1. The minimum atomic E-state index is -4.16. The second-order valence-electron chi connectivity index (χ2n) is 6.54. The van der Waals surface area contributed by atoms with E-state index >= 15 is 0 Å². The van der Waals surface area contributed by atoms with E-state index < -0.39 is 21.5 Å². The van der Waals surface area contributed by atoms with Gasteiger partial charge in [-0.25, -0.2) is 0 Å². The van der Waals surface area contributed by atoms with Gasteiger partial charge in [-0.05, 0) is 13.3 Å². The molecule has 0 aliphatic carbocycles. The zero-order chi connectivity index (χ0) is 18.3. The van der Waals surface area contributed by atoms with Crippen molar-refractivity contribution in [2.24, 2.45) is 0 Å². The van der Waals surface area contributed by atoms with Crippen molar-refractivity contribution in [3.05, 3.63) is 0 Å². The number of aliphatic hydroxyl groups excluding tert-OH is 1. The van der Waals surface area contributed by atoms with E-state index in [4.69, 9.17) is 5.11 Å². The van der Waals surface area contributed by atoms with Crippen molar-refractivity contribution < 1.29 is 22.5 Å². The molecule has 5 nitrogen and oxygen atoms in total. The summed E-state index contributed by atoms with van der Waals surface area (Å²) >= 11 is 0. The van der Waals surface area contributed by atoms with E-state index in [-0.39, 0.29) is 6.42 Å². The van der Waals surface area contributed by atoms with Gasteiger partial charge in [-0.1, -0.05) is 84.0 Å². The summed E-state index contributed by atoms with van der Waals surface area (Å²) < 4.78 is 26.7. The molecule has 0 amide bonds. The van der Waals surface area contributed by atoms with Gasteiger partial charge in [-0.2, -0.15) is 8.42 Å². The lowest BCUT2D eigenvalue weighted by Crippen LogP contribution is -2.23. The second kappa shape index (κ2) is 14.7. The van der Waals surface area contributed by atoms with Crippen molar-refractivity contribution in [3.8, 4) is 0 Å². The van der Waals surface area contributed by atoms with Crippen molar-refractivity contribution in [1.29, 1.82) is 0 Å². The summed E-state index contributed by atoms with van der Waals surface area (Å²) in [5.41, 5.74) is -1.67. The predicted octanol–water partition coefficient (Wildman–Crippen LogP) is 4.68. The Balaban J connectivity index is 3.35. The topological polar surface area (TPSA) is 80.7 Å². The van der Waals surface area contributed by atoms with Crippen molar-refractivity contribution in [3.63, 3.8) is 0 Å². The first kappa shape index (κ1) is 23.4. The van der Waals surface area contributed by atoms with Gasteiger partial charge in [0.05, 0.1) is 0 Å². The molecule has 0 rings (SSSR count). The third-order valence-electron chi connectivity index (χ3n) is 4.11. The van der Waals surface area contributed by atoms with Crippen molar-refractivity contribution >= 4 is 16.1 Å². The maximum Gasteiger partial charge on any atom is 0.338 e. The molecule has 1 unspecified atom stereocenters. The molecule has 0 aliphatic rings. The fourth-order valence-corrected chi connectivity index (χ4v) is 3.01. The standard InChI is InChI=1S/C18H36O5S/c1-3-4-5-6-7-8-9-10-11-12-13-14-15-16-18(20)23-24(21,22)17(2)19/h17,19H,3-16H2,1-2H3. The SMILES string of the molecule is CCCCCCCCCCCCCCCC(=O)OS(=O)(=O)C(C)O. The van der Waals surface area contributed by atoms with Gasteiger partial charge in [0.1, 0.15) is 0 Å². The predicted molar refractivity (Wildman–Crippen MR) is 97.0 cm³/mol. The molecule has 0 saturated carbocycles. The van der Waals surface area contributed by atoms with E-state index in [9.17, 15) is 13.2 Å². The van der Waals surface area contributed by atoms with Crippen molar-refractivity contribution in [1.82, 2.24) is 0 Å². The fourth-order valence-electron chi connectivity index (χ4n) is 2.53. The van der Waals surface area contributed by atoms with Crippen LogP contribution in [-0.2, 0) is 19.1 Å². The molecular formula is C18H36O5S. The maximum atomic E-state index is 11.4. The van der Waals surface area contributed by atoms with E-state index in [0.717, 1.165) is 26.2 Å². The molecule has 0 aromatic heterocycles. The molecule has 0 saturated heterocycles. The molecule has 0 spiro atoms. The van der Waals surface area contributed by atoms with Gasteiger partial charge in [-0.3, -0.25) is 4.79 Å². The van der Waals surface area contributed by atoms with Gasteiger partial charge in [0.15, 0.2) is 5.44 Å². The summed E-state index contributed by atoms with van der Waals surface area (Å²) in [6, 6.07) is 0. The van der Waals surface area contributed by atoms with Crippen LogP contribution in [-0.4, -0.2) is 24.9 Å². The van der Waals surface area contributed by atoms with Gasteiger partial charge < -0.3 is 9.29 Å². The normalized spacial score (nSPS) is 13.0. The zero-order valence-electron chi connectivity index (χ0n) is 15.5. The van der Waals surface area contributed by atoms with Crippen LogP contribution in [0.4, 0.5) is 0 Å². The molecule has 144 valence electrons. The lowest BCUT2D eigenvalue weighted by Gasteiger charge is -2.07. The molecule has 1 atom stereocenters. The van der Waals surface area contributed by atoms with Crippen LogP contribution in [0.25, 0.3) is 0 Å². The van der Waals surface area contributed by atoms with E-state index in [0.29, 0.717) is 6.42 Å². The first-order valence-electron chi connectivity index (χ1n) is 9.54. The fraction of sp³-hybridized carbons (Fsp3) is 0.944. The Bertz CT molecular complexity index is 404. The Morgan fingerprint density at radius 2 is 1.21 bits per heavy atom. The molecule has 6 heteroatoms. The lowest BCUT2D eigenvalue weighted by molar-refractivity contribution is -0.134. The first-order valence-corrected chi connectivity index (χ1v) is 11.0. The Labute approximate surface area is 148 Å². The summed E-state index contributed by atoms with van der Waals surface area (Å²) in [7, 11) is -4.16. The molecule has 0 aromatic rings. The van der Waals surface area contributed by atoms with Gasteiger partial charge in [0.2, 0.25) is 0 Å². The minimum absolute atomic E-state index is 0.0870. The van der Waals surface area contributed by atoms with E-state index in [1.807, 2.05) is 0 Å². The molecule has 1 N–H and O–H groups in total. The second-order valence-corrected chi connectivity index (χ2v) is 8.37. The molecular weight excluding hydrogens is 328 g/mol. The Hall–Kier alpha value is -0.620. The molecule has 0 bridgehead atoms. The highest BCUT2D eigenvalue weighted by Crippen LogP contribution is 2.13. The summed E-state index contributed by atoms with van der Waals surface area (Å²) in [5.74, 6) is -0.779. The van der Waals surface area contributed by atoms with E-state index in [1.165, 1.54) is 57.8 Å². The van der Waals surface area contributed by atoms with Crippen LogP contribution in [0.15, 0.2) is 0 Å². The van der Waals surface area contributed by atoms with Crippen LogP contribution in [0, 0.1) is 0 Å². The quantitative estimate of drug-likeness (QED) is 0.318. The Morgan fingerprint density at radius 1 is 0.833 bits per heavy atom. The average Bonchev–Trinajstić information content (AvgIpc) is 2.51. The van der Waals surface area contributed by atoms with Gasteiger partial charge in [0, 0.05) is 6.42 Å². The van der Waals surface area contributed by atoms with Gasteiger partial charge >= 0.3 is 16.1 Å².